The number of methoxy groups -OCH3 is 1. The highest BCUT2D eigenvalue weighted by Gasteiger charge is 2.11. The molecule has 0 aromatic heterocycles. The van der Waals surface area contributed by atoms with E-state index in [1.165, 1.54) is 7.11 Å². The van der Waals surface area contributed by atoms with E-state index in [-0.39, 0.29) is 12.8 Å². The van der Waals surface area contributed by atoms with Crippen molar-refractivity contribution in [1.29, 1.82) is 0 Å². The van der Waals surface area contributed by atoms with E-state index in [1.54, 1.807) is 0 Å². The first kappa shape index (κ1) is 13.2. The van der Waals surface area contributed by atoms with Crippen molar-refractivity contribution in [1.82, 2.24) is 0 Å². The molecule has 19 heavy (non-hydrogen) atoms. The van der Waals surface area contributed by atoms with Crippen molar-refractivity contribution >= 4 is 12.0 Å². The van der Waals surface area contributed by atoms with Gasteiger partial charge in [-0.25, -0.2) is 0 Å². The Hall–Kier alpha value is -2.23. The van der Waals surface area contributed by atoms with Gasteiger partial charge in [-0.2, -0.15) is 0 Å². The molecule has 0 atom stereocenters. The molecule has 0 amide bonds. The summed E-state index contributed by atoms with van der Waals surface area (Å²) in [7, 11) is 1.39. The predicted molar refractivity (Wildman–Crippen MR) is 72.0 cm³/mol. The van der Waals surface area contributed by atoms with Gasteiger partial charge in [-0.3, -0.25) is 4.79 Å². The first-order valence-electron chi connectivity index (χ1n) is 6.09. The highest BCUT2D eigenvalue weighted by atomic mass is 16.7. The second-order valence-electron chi connectivity index (χ2n) is 4.01. The van der Waals surface area contributed by atoms with E-state index in [9.17, 15) is 4.79 Å². The molecule has 100 valence electrons. The maximum atomic E-state index is 10.9. The summed E-state index contributed by atoms with van der Waals surface area (Å²) < 4.78 is 15.1. The first-order valence-corrected chi connectivity index (χ1v) is 6.09. The Bertz CT molecular complexity index is 503. The number of benzene rings is 1. The number of rotatable bonds is 5. The number of carbonyl (C=O) groups is 1. The minimum Gasteiger partial charge on any atom is -0.469 e. The summed E-state index contributed by atoms with van der Waals surface area (Å²) in [6, 6.07) is 5.79. The minimum atomic E-state index is -0.190. The summed E-state index contributed by atoms with van der Waals surface area (Å²) in [6.45, 7) is 0.288. The topological polar surface area (TPSA) is 44.8 Å². The number of fused-ring (bicyclic) bond motifs is 1. The Morgan fingerprint density at radius 1 is 1.32 bits per heavy atom. The lowest BCUT2D eigenvalue weighted by atomic mass is 10.2. The SMILES string of the molecule is COC(=O)CC/C=C/C=C/c1ccc2c(c1)OCO2. The molecular weight excluding hydrogens is 244 g/mol. The lowest BCUT2D eigenvalue weighted by Crippen LogP contribution is -1.97. The lowest BCUT2D eigenvalue weighted by Gasteiger charge is -1.96. The van der Waals surface area contributed by atoms with Crippen LogP contribution in [0, 0.1) is 0 Å². The molecule has 0 radical (unpaired) electrons. The largest absolute Gasteiger partial charge is 0.469 e. The van der Waals surface area contributed by atoms with Gasteiger partial charge in [0.15, 0.2) is 11.5 Å². The van der Waals surface area contributed by atoms with Crippen LogP contribution in [0.2, 0.25) is 0 Å². The molecule has 1 heterocycles. The standard InChI is InChI=1S/C15H16O4/c1-17-15(16)7-5-3-2-4-6-12-8-9-13-14(10-12)19-11-18-13/h2-4,6,8-10H,5,7,11H2,1H3/b3-2+,6-4+. The second-order valence-corrected chi connectivity index (χ2v) is 4.01. The van der Waals surface area contributed by atoms with Crippen LogP contribution in [0.25, 0.3) is 6.08 Å². The van der Waals surface area contributed by atoms with Crippen LogP contribution in [-0.2, 0) is 9.53 Å². The summed E-state index contributed by atoms with van der Waals surface area (Å²) in [5, 5.41) is 0. The molecule has 0 N–H and O–H groups in total. The smallest absolute Gasteiger partial charge is 0.305 e. The van der Waals surface area contributed by atoms with Gasteiger partial charge in [0.1, 0.15) is 0 Å². The summed E-state index contributed by atoms with van der Waals surface area (Å²) in [4.78, 5) is 10.9. The van der Waals surface area contributed by atoms with E-state index in [2.05, 4.69) is 4.74 Å². The molecule has 1 aliphatic rings. The number of hydrogen-bond acceptors (Lipinski definition) is 4. The monoisotopic (exact) mass is 260 g/mol. The van der Waals surface area contributed by atoms with Crippen LogP contribution in [0.5, 0.6) is 11.5 Å². The quantitative estimate of drug-likeness (QED) is 0.603. The summed E-state index contributed by atoms with van der Waals surface area (Å²) in [6.07, 6.45) is 8.82. The highest BCUT2D eigenvalue weighted by molar-refractivity contribution is 5.69. The minimum absolute atomic E-state index is 0.190. The average Bonchev–Trinajstić information content (AvgIpc) is 2.89. The lowest BCUT2D eigenvalue weighted by molar-refractivity contribution is -0.140. The third-order valence-electron chi connectivity index (χ3n) is 2.68. The number of esters is 1. The second kappa shape index (κ2) is 6.64. The molecule has 2 rings (SSSR count). The Kier molecular flexibility index (Phi) is 4.61. The number of carbonyl (C=O) groups excluding carboxylic acids is 1. The van der Waals surface area contributed by atoms with Crippen molar-refractivity contribution in [2.75, 3.05) is 13.9 Å². The van der Waals surface area contributed by atoms with Crippen molar-refractivity contribution in [3.8, 4) is 11.5 Å². The van der Waals surface area contributed by atoms with Crippen molar-refractivity contribution in [2.45, 2.75) is 12.8 Å². The van der Waals surface area contributed by atoms with Gasteiger partial charge in [-0.05, 0) is 24.1 Å². The Morgan fingerprint density at radius 3 is 3.00 bits per heavy atom. The maximum absolute atomic E-state index is 10.9. The van der Waals surface area contributed by atoms with E-state index in [4.69, 9.17) is 9.47 Å². The zero-order valence-corrected chi connectivity index (χ0v) is 10.8. The molecule has 4 nitrogen and oxygen atoms in total. The maximum Gasteiger partial charge on any atom is 0.305 e. The molecule has 0 bridgehead atoms. The molecular formula is C15H16O4. The van der Waals surface area contributed by atoms with Crippen LogP contribution < -0.4 is 9.47 Å². The van der Waals surface area contributed by atoms with Crippen molar-refractivity contribution in [2.24, 2.45) is 0 Å². The predicted octanol–water partition coefficient (Wildman–Crippen LogP) is 2.94. The molecule has 0 aliphatic carbocycles. The van der Waals surface area contributed by atoms with E-state index in [0.29, 0.717) is 12.8 Å². The third-order valence-corrected chi connectivity index (χ3v) is 2.68. The summed E-state index contributed by atoms with van der Waals surface area (Å²) in [5.41, 5.74) is 1.04. The Labute approximate surface area is 112 Å². The Balaban J connectivity index is 1.82. The van der Waals surface area contributed by atoms with Crippen LogP contribution in [0.3, 0.4) is 0 Å². The molecule has 0 saturated heterocycles. The van der Waals surface area contributed by atoms with Crippen molar-refractivity contribution < 1.29 is 19.0 Å². The van der Waals surface area contributed by atoms with Gasteiger partial charge in [-0.1, -0.05) is 30.4 Å². The van der Waals surface area contributed by atoms with Gasteiger partial charge < -0.3 is 14.2 Å². The third kappa shape index (κ3) is 3.88. The van der Waals surface area contributed by atoms with E-state index in [1.807, 2.05) is 42.5 Å². The number of allylic oxidation sites excluding steroid dienone is 3. The zero-order chi connectivity index (χ0) is 13.5. The van der Waals surface area contributed by atoms with Gasteiger partial charge in [0.05, 0.1) is 7.11 Å². The van der Waals surface area contributed by atoms with Gasteiger partial charge in [0.25, 0.3) is 0 Å². The van der Waals surface area contributed by atoms with Crippen LogP contribution >= 0.6 is 0 Å². The van der Waals surface area contributed by atoms with Crippen LogP contribution in [0.1, 0.15) is 18.4 Å². The van der Waals surface area contributed by atoms with Crippen molar-refractivity contribution in [3.63, 3.8) is 0 Å². The zero-order valence-electron chi connectivity index (χ0n) is 10.8. The summed E-state index contributed by atoms with van der Waals surface area (Å²) >= 11 is 0. The molecule has 0 spiro atoms. The first-order chi connectivity index (χ1) is 9.29. The normalized spacial score (nSPS) is 13.3. The molecule has 1 aromatic rings. The fourth-order valence-electron chi connectivity index (χ4n) is 1.66. The molecule has 1 aromatic carbocycles. The number of hydrogen-bond donors (Lipinski definition) is 0. The van der Waals surface area contributed by atoms with Crippen LogP contribution in [-0.4, -0.2) is 19.9 Å². The molecule has 4 heteroatoms. The van der Waals surface area contributed by atoms with E-state index >= 15 is 0 Å². The van der Waals surface area contributed by atoms with Gasteiger partial charge in [-0.15, -0.1) is 0 Å². The molecule has 1 aliphatic heterocycles. The fourth-order valence-corrected chi connectivity index (χ4v) is 1.66. The van der Waals surface area contributed by atoms with Gasteiger partial charge in [0, 0.05) is 6.42 Å². The van der Waals surface area contributed by atoms with E-state index < -0.39 is 0 Å². The molecule has 0 saturated carbocycles. The molecule has 0 unspecified atom stereocenters. The summed E-state index contributed by atoms with van der Waals surface area (Å²) in [5.74, 6) is 1.37. The number of ether oxygens (including phenoxy) is 3. The molecule has 0 fully saturated rings. The Morgan fingerprint density at radius 2 is 2.16 bits per heavy atom. The fraction of sp³-hybridized carbons (Fsp3) is 0.267. The average molecular weight is 260 g/mol. The van der Waals surface area contributed by atoms with E-state index in [0.717, 1.165) is 17.1 Å². The van der Waals surface area contributed by atoms with Crippen LogP contribution in [0.4, 0.5) is 0 Å². The van der Waals surface area contributed by atoms with Crippen LogP contribution in [0.15, 0.2) is 36.4 Å². The highest BCUT2D eigenvalue weighted by Crippen LogP contribution is 2.32. The van der Waals surface area contributed by atoms with Gasteiger partial charge >= 0.3 is 5.97 Å². The van der Waals surface area contributed by atoms with Crippen molar-refractivity contribution in [3.05, 3.63) is 42.0 Å². The van der Waals surface area contributed by atoms with Gasteiger partial charge in [0.2, 0.25) is 6.79 Å².